The number of amides is 1. The van der Waals surface area contributed by atoms with Crippen LogP contribution in [0.4, 0.5) is 0 Å². The highest BCUT2D eigenvalue weighted by Gasteiger charge is 2.20. The quantitative estimate of drug-likeness (QED) is 0.899. The lowest BCUT2D eigenvalue weighted by Gasteiger charge is -2.10. The monoisotopic (exact) mass is 297 g/mol. The molecular formula is C14H19NO4S. The first-order valence-electron chi connectivity index (χ1n) is 6.71. The molecule has 6 heteroatoms. The number of nitrogens with one attached hydrogen (secondary N) is 1. The molecule has 1 aliphatic heterocycles. The maximum Gasteiger partial charge on any atom is 0.264 e. The number of aryl methyl sites for hydroxylation is 1. The van der Waals surface area contributed by atoms with Gasteiger partial charge in [0.25, 0.3) is 10.0 Å². The van der Waals surface area contributed by atoms with Crippen LogP contribution in [0.25, 0.3) is 0 Å². The molecule has 0 spiro atoms. The SMILES string of the molecule is Cc1ccc(S(=O)(=O)NC(=O)CC[C@H]2CCCO2)cc1. The van der Waals surface area contributed by atoms with Crippen molar-refractivity contribution in [3.63, 3.8) is 0 Å². The molecule has 1 aliphatic rings. The lowest BCUT2D eigenvalue weighted by molar-refractivity contribution is -0.119. The number of carbonyl (C=O) groups excluding carboxylic acids is 1. The number of sulfonamides is 1. The molecule has 0 saturated carbocycles. The topological polar surface area (TPSA) is 72.5 Å². The van der Waals surface area contributed by atoms with Crippen LogP contribution in [0.2, 0.25) is 0 Å². The minimum Gasteiger partial charge on any atom is -0.378 e. The summed E-state index contributed by atoms with van der Waals surface area (Å²) in [5, 5.41) is 0. The molecule has 1 heterocycles. The van der Waals surface area contributed by atoms with Crippen LogP contribution in [-0.4, -0.2) is 27.0 Å². The molecule has 0 unspecified atom stereocenters. The van der Waals surface area contributed by atoms with Crippen LogP contribution in [0.3, 0.4) is 0 Å². The summed E-state index contributed by atoms with van der Waals surface area (Å²) in [4.78, 5) is 11.8. The molecule has 0 aromatic heterocycles. The zero-order valence-electron chi connectivity index (χ0n) is 11.5. The Morgan fingerprint density at radius 2 is 2.05 bits per heavy atom. The highest BCUT2D eigenvalue weighted by Crippen LogP contribution is 2.17. The molecule has 20 heavy (non-hydrogen) atoms. The molecule has 1 N–H and O–H groups in total. The van der Waals surface area contributed by atoms with Gasteiger partial charge in [-0.05, 0) is 38.3 Å². The van der Waals surface area contributed by atoms with Gasteiger partial charge in [-0.25, -0.2) is 13.1 Å². The van der Waals surface area contributed by atoms with E-state index in [0.717, 1.165) is 25.0 Å². The molecule has 1 fully saturated rings. The highest BCUT2D eigenvalue weighted by molar-refractivity contribution is 7.90. The third-order valence-corrected chi connectivity index (χ3v) is 4.69. The van der Waals surface area contributed by atoms with E-state index >= 15 is 0 Å². The van der Waals surface area contributed by atoms with Crippen molar-refractivity contribution in [2.45, 2.75) is 43.6 Å². The number of hydrogen-bond acceptors (Lipinski definition) is 4. The third kappa shape index (κ3) is 4.05. The zero-order chi connectivity index (χ0) is 14.6. The lowest BCUT2D eigenvalue weighted by atomic mass is 10.1. The van der Waals surface area contributed by atoms with Crippen LogP contribution in [0.1, 0.15) is 31.2 Å². The number of carbonyl (C=O) groups is 1. The maximum absolute atomic E-state index is 12.0. The van der Waals surface area contributed by atoms with Crippen molar-refractivity contribution in [2.75, 3.05) is 6.61 Å². The van der Waals surface area contributed by atoms with Crippen molar-refractivity contribution in [3.05, 3.63) is 29.8 Å². The number of hydrogen-bond donors (Lipinski definition) is 1. The van der Waals surface area contributed by atoms with Crippen molar-refractivity contribution < 1.29 is 17.9 Å². The minimum atomic E-state index is -3.76. The van der Waals surface area contributed by atoms with Crippen LogP contribution >= 0.6 is 0 Å². The van der Waals surface area contributed by atoms with Crippen LogP contribution < -0.4 is 4.72 Å². The van der Waals surface area contributed by atoms with E-state index in [1.54, 1.807) is 12.1 Å². The van der Waals surface area contributed by atoms with Gasteiger partial charge in [-0.3, -0.25) is 4.79 Å². The summed E-state index contributed by atoms with van der Waals surface area (Å²) < 4.78 is 31.5. The predicted octanol–water partition coefficient (Wildman–Crippen LogP) is 1.76. The van der Waals surface area contributed by atoms with Crippen molar-refractivity contribution in [1.82, 2.24) is 4.72 Å². The van der Waals surface area contributed by atoms with Gasteiger partial charge >= 0.3 is 0 Å². The molecular weight excluding hydrogens is 278 g/mol. The molecule has 0 aliphatic carbocycles. The number of benzene rings is 1. The molecule has 0 bridgehead atoms. The molecule has 110 valence electrons. The normalized spacial score (nSPS) is 18.9. The van der Waals surface area contributed by atoms with E-state index in [0.29, 0.717) is 6.42 Å². The summed E-state index contributed by atoms with van der Waals surface area (Å²) in [6, 6.07) is 6.38. The van der Waals surface area contributed by atoms with E-state index in [2.05, 4.69) is 4.72 Å². The fourth-order valence-electron chi connectivity index (χ4n) is 2.14. The highest BCUT2D eigenvalue weighted by atomic mass is 32.2. The van der Waals surface area contributed by atoms with Crippen molar-refractivity contribution in [2.24, 2.45) is 0 Å². The average molecular weight is 297 g/mol. The second kappa shape index (κ2) is 6.37. The number of rotatable bonds is 5. The molecule has 1 saturated heterocycles. The summed E-state index contributed by atoms with van der Waals surface area (Å²) >= 11 is 0. The molecule has 1 aromatic rings. The van der Waals surface area contributed by atoms with E-state index in [9.17, 15) is 13.2 Å². The minimum absolute atomic E-state index is 0.0860. The molecule has 1 atom stereocenters. The van der Waals surface area contributed by atoms with Gasteiger partial charge < -0.3 is 4.74 Å². The standard InChI is InChI=1S/C14H19NO4S/c1-11-4-7-13(8-5-11)20(17,18)15-14(16)9-6-12-3-2-10-19-12/h4-5,7-8,12H,2-3,6,9-10H2,1H3,(H,15,16)/t12-/m1/s1. The summed E-state index contributed by atoms with van der Waals surface area (Å²) in [5.74, 6) is -0.485. The van der Waals surface area contributed by atoms with Gasteiger partial charge in [-0.2, -0.15) is 0 Å². The Morgan fingerprint density at radius 1 is 1.35 bits per heavy atom. The van der Waals surface area contributed by atoms with Gasteiger partial charge in [0.15, 0.2) is 0 Å². The molecule has 1 amide bonds. The summed E-state index contributed by atoms with van der Waals surface area (Å²) in [5.41, 5.74) is 0.966. The van der Waals surface area contributed by atoms with Gasteiger partial charge in [0.2, 0.25) is 5.91 Å². The van der Waals surface area contributed by atoms with Gasteiger partial charge in [0.1, 0.15) is 0 Å². The molecule has 0 radical (unpaired) electrons. The zero-order valence-corrected chi connectivity index (χ0v) is 12.3. The first-order valence-corrected chi connectivity index (χ1v) is 8.19. The smallest absolute Gasteiger partial charge is 0.264 e. The Labute approximate surface area is 119 Å². The van der Waals surface area contributed by atoms with E-state index in [4.69, 9.17) is 4.74 Å². The largest absolute Gasteiger partial charge is 0.378 e. The average Bonchev–Trinajstić information content (AvgIpc) is 2.89. The Morgan fingerprint density at radius 3 is 2.65 bits per heavy atom. The molecule has 5 nitrogen and oxygen atoms in total. The van der Waals surface area contributed by atoms with Crippen molar-refractivity contribution in [3.8, 4) is 0 Å². The Bertz CT molecular complexity index is 559. The first-order chi connectivity index (χ1) is 9.47. The Kier molecular flexibility index (Phi) is 4.77. The van der Waals surface area contributed by atoms with Crippen LogP contribution in [-0.2, 0) is 19.6 Å². The van der Waals surface area contributed by atoms with Crippen molar-refractivity contribution >= 4 is 15.9 Å². The Hall–Kier alpha value is -1.40. The second-order valence-electron chi connectivity index (χ2n) is 5.02. The predicted molar refractivity (Wildman–Crippen MR) is 74.7 cm³/mol. The third-order valence-electron chi connectivity index (χ3n) is 3.30. The van der Waals surface area contributed by atoms with E-state index < -0.39 is 15.9 Å². The van der Waals surface area contributed by atoms with E-state index in [1.165, 1.54) is 12.1 Å². The summed E-state index contributed by atoms with van der Waals surface area (Å²) in [7, 11) is -3.76. The fraction of sp³-hybridized carbons (Fsp3) is 0.500. The van der Waals surface area contributed by atoms with Gasteiger partial charge in [-0.1, -0.05) is 17.7 Å². The fourth-order valence-corrected chi connectivity index (χ4v) is 3.16. The van der Waals surface area contributed by atoms with E-state index in [-0.39, 0.29) is 17.4 Å². The van der Waals surface area contributed by atoms with Crippen LogP contribution in [0.5, 0.6) is 0 Å². The summed E-state index contributed by atoms with van der Waals surface area (Å²) in [6.07, 6.45) is 2.76. The Balaban J connectivity index is 1.90. The molecule has 1 aromatic carbocycles. The molecule has 2 rings (SSSR count). The first kappa shape index (κ1) is 15.0. The number of ether oxygens (including phenoxy) is 1. The lowest BCUT2D eigenvalue weighted by Crippen LogP contribution is -2.31. The van der Waals surface area contributed by atoms with Crippen LogP contribution in [0.15, 0.2) is 29.2 Å². The summed E-state index contributed by atoms with van der Waals surface area (Å²) in [6.45, 7) is 2.60. The van der Waals surface area contributed by atoms with Gasteiger partial charge in [0.05, 0.1) is 11.0 Å². The van der Waals surface area contributed by atoms with Crippen molar-refractivity contribution in [1.29, 1.82) is 0 Å². The van der Waals surface area contributed by atoms with E-state index in [1.807, 2.05) is 6.92 Å². The van der Waals surface area contributed by atoms with Gasteiger partial charge in [0, 0.05) is 13.0 Å². The second-order valence-corrected chi connectivity index (χ2v) is 6.70. The van der Waals surface area contributed by atoms with Gasteiger partial charge in [-0.15, -0.1) is 0 Å². The van der Waals surface area contributed by atoms with Crippen LogP contribution in [0, 0.1) is 6.92 Å². The maximum atomic E-state index is 12.0.